The fourth-order valence-corrected chi connectivity index (χ4v) is 3.99. The second-order valence-corrected chi connectivity index (χ2v) is 6.91. The third-order valence-electron chi connectivity index (χ3n) is 4.83. The van der Waals surface area contributed by atoms with Crippen molar-refractivity contribution in [3.05, 3.63) is 0 Å². The van der Waals surface area contributed by atoms with Crippen molar-refractivity contribution in [1.29, 1.82) is 0 Å². The predicted molar refractivity (Wildman–Crippen MR) is 77.0 cm³/mol. The Balaban J connectivity index is 1.69. The molecule has 0 heterocycles. The highest BCUT2D eigenvalue weighted by atomic mass is 35.5. The van der Waals surface area contributed by atoms with Gasteiger partial charge in [-0.05, 0) is 18.3 Å². The number of hydrogen-bond acceptors (Lipinski definition) is 1. The van der Waals surface area contributed by atoms with E-state index in [2.05, 4.69) is 0 Å². The van der Waals surface area contributed by atoms with Crippen LogP contribution in [0.3, 0.4) is 0 Å². The number of carbonyl (C=O) groups is 1. The van der Waals surface area contributed by atoms with Crippen molar-refractivity contribution in [3.8, 4) is 0 Å². The smallest absolute Gasteiger partial charge is 0.150 e. The lowest BCUT2D eigenvalue weighted by atomic mass is 9.82. The van der Waals surface area contributed by atoms with E-state index in [-0.39, 0.29) is 5.38 Å². The third kappa shape index (κ3) is 4.57. The van der Waals surface area contributed by atoms with Crippen molar-refractivity contribution >= 4 is 17.4 Å². The van der Waals surface area contributed by atoms with E-state index < -0.39 is 0 Å². The Morgan fingerprint density at radius 2 is 1.39 bits per heavy atom. The maximum Gasteiger partial charge on any atom is 0.150 e. The van der Waals surface area contributed by atoms with Crippen LogP contribution in [0.5, 0.6) is 0 Å². The normalized spacial score (nSPS) is 24.9. The first-order valence-electron chi connectivity index (χ1n) is 7.92. The number of halogens is 1. The van der Waals surface area contributed by atoms with Crippen LogP contribution in [-0.2, 0) is 4.79 Å². The van der Waals surface area contributed by atoms with Crippen LogP contribution in [0, 0.1) is 11.8 Å². The lowest BCUT2D eigenvalue weighted by Gasteiger charge is -2.25. The van der Waals surface area contributed by atoms with Crippen LogP contribution in [0.2, 0.25) is 0 Å². The van der Waals surface area contributed by atoms with Gasteiger partial charge < -0.3 is 0 Å². The molecule has 0 aromatic heterocycles. The number of alkyl halides is 1. The summed E-state index contributed by atoms with van der Waals surface area (Å²) in [5.41, 5.74) is 0. The van der Waals surface area contributed by atoms with Gasteiger partial charge in [-0.25, -0.2) is 0 Å². The maximum absolute atomic E-state index is 12.2. The molecule has 2 fully saturated rings. The summed E-state index contributed by atoms with van der Waals surface area (Å²) in [7, 11) is 0. The van der Waals surface area contributed by atoms with Crippen molar-refractivity contribution in [2.45, 2.75) is 82.4 Å². The quantitative estimate of drug-likeness (QED) is 0.635. The van der Waals surface area contributed by atoms with Crippen LogP contribution in [0.15, 0.2) is 0 Å². The number of Topliss-reactive ketones (excluding diaryl/α,β-unsaturated/α-hetero) is 1. The number of ketones is 1. The first kappa shape index (κ1) is 14.4. The van der Waals surface area contributed by atoms with E-state index in [1.54, 1.807) is 0 Å². The highest BCUT2D eigenvalue weighted by Crippen LogP contribution is 2.31. The molecule has 0 aliphatic heterocycles. The summed E-state index contributed by atoms with van der Waals surface area (Å²) in [6, 6.07) is 0. The molecule has 2 rings (SSSR count). The average molecular weight is 271 g/mol. The first-order valence-corrected chi connectivity index (χ1v) is 8.36. The van der Waals surface area contributed by atoms with Gasteiger partial charge in [0.1, 0.15) is 0 Å². The molecule has 2 heteroatoms. The predicted octanol–water partition coefficient (Wildman–Crippen LogP) is 5.10. The molecule has 104 valence electrons. The number of rotatable bonds is 5. The summed E-state index contributed by atoms with van der Waals surface area (Å²) < 4.78 is 0. The summed E-state index contributed by atoms with van der Waals surface area (Å²) >= 11 is 6.33. The van der Waals surface area contributed by atoms with Gasteiger partial charge in [-0.2, -0.15) is 0 Å². The highest BCUT2D eigenvalue weighted by molar-refractivity contribution is 6.31. The molecule has 0 saturated heterocycles. The van der Waals surface area contributed by atoms with E-state index in [1.165, 1.54) is 64.2 Å². The molecule has 0 N–H and O–H groups in total. The van der Waals surface area contributed by atoms with E-state index in [0.717, 1.165) is 18.8 Å². The molecule has 0 bridgehead atoms. The Morgan fingerprint density at radius 1 is 0.889 bits per heavy atom. The van der Waals surface area contributed by atoms with Gasteiger partial charge in [-0.3, -0.25) is 4.79 Å². The molecule has 18 heavy (non-hydrogen) atoms. The monoisotopic (exact) mass is 270 g/mol. The molecule has 0 aromatic rings. The van der Waals surface area contributed by atoms with Gasteiger partial charge in [0, 0.05) is 6.42 Å². The first-order chi connectivity index (χ1) is 8.75. The standard InChI is InChI=1S/C16H27ClO/c17-15(11-13-7-3-1-4-8-13)16(18)12-14-9-5-2-6-10-14/h13-15H,1-12H2/t15-/m0/s1. The van der Waals surface area contributed by atoms with E-state index in [4.69, 9.17) is 11.6 Å². The molecule has 0 spiro atoms. The fraction of sp³-hybridized carbons (Fsp3) is 0.938. The maximum atomic E-state index is 12.2. The van der Waals surface area contributed by atoms with Crippen LogP contribution >= 0.6 is 11.6 Å². The van der Waals surface area contributed by atoms with Crippen molar-refractivity contribution in [3.63, 3.8) is 0 Å². The minimum Gasteiger partial charge on any atom is -0.298 e. The molecule has 0 aromatic carbocycles. The Labute approximate surface area is 117 Å². The molecule has 1 atom stereocenters. The molecule has 2 aliphatic carbocycles. The molecule has 0 radical (unpaired) electrons. The van der Waals surface area contributed by atoms with Crippen LogP contribution in [0.4, 0.5) is 0 Å². The molecule has 1 nitrogen and oxygen atoms in total. The van der Waals surface area contributed by atoms with Crippen LogP contribution in [-0.4, -0.2) is 11.2 Å². The molecule has 0 unspecified atom stereocenters. The Hall–Kier alpha value is -0.0400. The van der Waals surface area contributed by atoms with Crippen molar-refractivity contribution in [2.75, 3.05) is 0 Å². The summed E-state index contributed by atoms with van der Waals surface area (Å²) in [5, 5.41) is -0.199. The summed E-state index contributed by atoms with van der Waals surface area (Å²) in [4.78, 5) is 12.2. The zero-order chi connectivity index (χ0) is 12.8. The van der Waals surface area contributed by atoms with E-state index in [1.807, 2.05) is 0 Å². The largest absolute Gasteiger partial charge is 0.298 e. The average Bonchev–Trinajstić information content (AvgIpc) is 2.41. The van der Waals surface area contributed by atoms with Crippen molar-refractivity contribution < 1.29 is 4.79 Å². The summed E-state index contributed by atoms with van der Waals surface area (Å²) in [6.45, 7) is 0. The summed E-state index contributed by atoms with van der Waals surface area (Å²) in [5.74, 6) is 1.68. The van der Waals surface area contributed by atoms with Gasteiger partial charge in [-0.15, -0.1) is 11.6 Å². The van der Waals surface area contributed by atoms with Crippen LogP contribution in [0.1, 0.15) is 77.0 Å². The summed E-state index contributed by atoms with van der Waals surface area (Å²) in [6.07, 6.45) is 14.8. The van der Waals surface area contributed by atoms with E-state index >= 15 is 0 Å². The number of carbonyl (C=O) groups excluding carboxylic acids is 1. The molecule has 0 amide bonds. The second kappa shape index (κ2) is 7.53. The highest BCUT2D eigenvalue weighted by Gasteiger charge is 2.25. The van der Waals surface area contributed by atoms with Gasteiger partial charge in [0.2, 0.25) is 0 Å². The van der Waals surface area contributed by atoms with Gasteiger partial charge in [-0.1, -0.05) is 64.2 Å². The van der Waals surface area contributed by atoms with E-state index in [9.17, 15) is 4.79 Å². The molecule has 2 aliphatic rings. The topological polar surface area (TPSA) is 17.1 Å². The van der Waals surface area contributed by atoms with Gasteiger partial charge >= 0.3 is 0 Å². The Bertz CT molecular complexity index is 252. The van der Waals surface area contributed by atoms with Gasteiger partial charge in [0.15, 0.2) is 5.78 Å². The second-order valence-electron chi connectivity index (χ2n) is 6.38. The molecule has 2 saturated carbocycles. The van der Waals surface area contributed by atoms with Crippen molar-refractivity contribution in [2.24, 2.45) is 11.8 Å². The molecular weight excluding hydrogens is 244 g/mol. The van der Waals surface area contributed by atoms with E-state index in [0.29, 0.717) is 11.7 Å². The Kier molecular flexibility index (Phi) is 6.01. The third-order valence-corrected chi connectivity index (χ3v) is 5.25. The SMILES string of the molecule is O=C(CC1CCCCC1)[C@@H](Cl)CC1CCCCC1. The lowest BCUT2D eigenvalue weighted by molar-refractivity contribution is -0.120. The minimum absolute atomic E-state index is 0.199. The molecular formula is C16H27ClO. The zero-order valence-electron chi connectivity index (χ0n) is 11.5. The van der Waals surface area contributed by atoms with Gasteiger partial charge in [0.25, 0.3) is 0 Å². The van der Waals surface area contributed by atoms with Crippen LogP contribution in [0.25, 0.3) is 0 Å². The lowest BCUT2D eigenvalue weighted by Crippen LogP contribution is -2.23. The Morgan fingerprint density at radius 3 is 1.94 bits per heavy atom. The minimum atomic E-state index is -0.199. The fourth-order valence-electron chi connectivity index (χ4n) is 3.65. The van der Waals surface area contributed by atoms with Gasteiger partial charge in [0.05, 0.1) is 5.38 Å². The van der Waals surface area contributed by atoms with Crippen molar-refractivity contribution in [1.82, 2.24) is 0 Å². The number of hydrogen-bond donors (Lipinski definition) is 0. The van der Waals surface area contributed by atoms with Crippen LogP contribution < -0.4 is 0 Å². The zero-order valence-corrected chi connectivity index (χ0v) is 12.3.